The number of thiazole rings is 1. The molecule has 2 aromatic heterocycles. The third kappa shape index (κ3) is 4.24. The summed E-state index contributed by atoms with van der Waals surface area (Å²) in [5.41, 5.74) is 1.31. The van der Waals surface area contributed by atoms with Crippen LogP contribution in [-0.2, 0) is 6.42 Å². The summed E-state index contributed by atoms with van der Waals surface area (Å²) in [5.74, 6) is -3.19. The molecule has 3 aromatic rings. The van der Waals surface area contributed by atoms with Gasteiger partial charge in [-0.05, 0) is 25.5 Å². The van der Waals surface area contributed by atoms with Gasteiger partial charge in [-0.3, -0.25) is 4.79 Å². The van der Waals surface area contributed by atoms with Gasteiger partial charge in [-0.15, -0.1) is 21.5 Å². The van der Waals surface area contributed by atoms with Crippen LogP contribution < -0.4 is 0 Å². The Kier molecular flexibility index (Phi) is 5.76. The van der Waals surface area contributed by atoms with Crippen molar-refractivity contribution in [3.63, 3.8) is 0 Å². The van der Waals surface area contributed by atoms with Crippen molar-refractivity contribution < 1.29 is 23.5 Å². The first-order valence-corrected chi connectivity index (χ1v) is 10.9. The maximum Gasteiger partial charge on any atom is 0.355 e. The fourth-order valence-electron chi connectivity index (χ4n) is 3.61. The minimum atomic E-state index is -2.77. The number of hydrogen-bond donors (Lipinski definition) is 2. The van der Waals surface area contributed by atoms with Gasteiger partial charge in [0.2, 0.25) is 0 Å². The molecule has 2 N–H and O–H groups in total. The molecule has 8 nitrogen and oxygen atoms in total. The fourth-order valence-corrected chi connectivity index (χ4v) is 4.64. The van der Waals surface area contributed by atoms with Gasteiger partial charge in [-0.1, -0.05) is 13.0 Å². The Hall–Kier alpha value is -3.21. The molecule has 3 heterocycles. The molecule has 0 spiro atoms. The molecule has 4 rings (SSSR count). The molecular formula is C21H21F2N5O3S. The number of carbonyl (C=O) groups excluding carboxylic acids is 1. The number of amides is 1. The number of hydrogen-bond acceptors (Lipinski definition) is 6. The third-order valence-electron chi connectivity index (χ3n) is 5.36. The molecule has 168 valence electrons. The standard InChI is InChI=1S/C21H21F2N5O3S/c1-3-15-16(20(30)31)25-18(32-15)14-10-12(17-24-11(2)26-27-17)4-5-13(14)19(29)28-8-6-21(22,23)7-9-28/h4-5,10H,3,6-9H2,1-2H3,(H,30,31)(H,24,26,27). The molecule has 1 aliphatic rings. The summed E-state index contributed by atoms with van der Waals surface area (Å²) < 4.78 is 27.1. The van der Waals surface area contributed by atoms with Crippen molar-refractivity contribution in [1.82, 2.24) is 25.1 Å². The van der Waals surface area contributed by atoms with E-state index in [1.54, 1.807) is 25.1 Å². The number of aromatic nitrogens is 4. The van der Waals surface area contributed by atoms with Crippen molar-refractivity contribution in [1.29, 1.82) is 0 Å². The first-order valence-electron chi connectivity index (χ1n) is 10.1. The van der Waals surface area contributed by atoms with Crippen LogP contribution >= 0.6 is 11.3 Å². The van der Waals surface area contributed by atoms with Gasteiger partial charge < -0.3 is 15.0 Å². The summed E-state index contributed by atoms with van der Waals surface area (Å²) in [4.78, 5) is 34.2. The van der Waals surface area contributed by atoms with E-state index in [2.05, 4.69) is 20.2 Å². The van der Waals surface area contributed by atoms with Gasteiger partial charge in [0.25, 0.3) is 11.8 Å². The van der Waals surface area contributed by atoms with E-state index in [-0.39, 0.29) is 43.1 Å². The minimum Gasteiger partial charge on any atom is -0.476 e. The Bertz CT molecular complexity index is 1180. The van der Waals surface area contributed by atoms with Gasteiger partial charge in [0.05, 0.1) is 0 Å². The molecule has 1 fully saturated rings. The predicted octanol–water partition coefficient (Wildman–Crippen LogP) is 4.04. The highest BCUT2D eigenvalue weighted by molar-refractivity contribution is 7.15. The van der Waals surface area contributed by atoms with Gasteiger partial charge in [-0.25, -0.2) is 18.6 Å². The number of carboxylic acid groups (broad SMARTS) is 1. The zero-order valence-corrected chi connectivity index (χ0v) is 18.3. The number of nitrogens with zero attached hydrogens (tertiary/aromatic N) is 4. The molecular weight excluding hydrogens is 440 g/mol. The summed E-state index contributed by atoms with van der Waals surface area (Å²) >= 11 is 1.20. The zero-order chi connectivity index (χ0) is 23.0. The quantitative estimate of drug-likeness (QED) is 0.593. The number of piperidine rings is 1. The number of likely N-dealkylation sites (tertiary alicyclic amines) is 1. The van der Waals surface area contributed by atoms with Crippen LogP contribution in [0.3, 0.4) is 0 Å². The lowest BCUT2D eigenvalue weighted by atomic mass is 10.0. The monoisotopic (exact) mass is 461 g/mol. The predicted molar refractivity (Wildman–Crippen MR) is 114 cm³/mol. The largest absolute Gasteiger partial charge is 0.476 e. The molecule has 0 atom stereocenters. The van der Waals surface area contributed by atoms with Crippen molar-refractivity contribution in [2.75, 3.05) is 13.1 Å². The Morgan fingerprint density at radius 1 is 1.25 bits per heavy atom. The molecule has 0 unspecified atom stereocenters. The number of carbonyl (C=O) groups is 2. The number of carboxylic acids is 1. The maximum absolute atomic E-state index is 13.6. The van der Waals surface area contributed by atoms with Crippen molar-refractivity contribution >= 4 is 23.2 Å². The number of halogens is 2. The minimum absolute atomic E-state index is 0.0488. The summed E-state index contributed by atoms with van der Waals surface area (Å²) in [7, 11) is 0. The number of aryl methyl sites for hydroxylation is 2. The van der Waals surface area contributed by atoms with Crippen LogP contribution in [0.15, 0.2) is 18.2 Å². The molecule has 1 aromatic carbocycles. The first-order chi connectivity index (χ1) is 15.2. The molecule has 1 amide bonds. The number of nitrogens with one attached hydrogen (secondary N) is 1. The SMILES string of the molecule is CCc1sc(-c2cc(-c3nnc(C)[nH]3)ccc2C(=O)N2CCC(F)(F)CC2)nc1C(=O)O. The molecule has 32 heavy (non-hydrogen) atoms. The molecule has 0 saturated carbocycles. The van der Waals surface area contributed by atoms with Crippen molar-refractivity contribution in [3.05, 3.63) is 40.2 Å². The van der Waals surface area contributed by atoms with E-state index in [1.165, 1.54) is 16.2 Å². The Labute approximate surface area is 186 Å². The van der Waals surface area contributed by atoms with Crippen LogP contribution in [0.1, 0.15) is 51.3 Å². The Morgan fingerprint density at radius 2 is 1.97 bits per heavy atom. The van der Waals surface area contributed by atoms with Crippen LogP contribution in [0.5, 0.6) is 0 Å². The molecule has 0 bridgehead atoms. The van der Waals surface area contributed by atoms with Gasteiger partial charge >= 0.3 is 5.97 Å². The van der Waals surface area contributed by atoms with Gasteiger partial charge in [0, 0.05) is 47.5 Å². The average Bonchev–Trinajstić information content (AvgIpc) is 3.39. The van der Waals surface area contributed by atoms with Crippen molar-refractivity contribution in [2.24, 2.45) is 0 Å². The van der Waals surface area contributed by atoms with Gasteiger partial charge in [0.15, 0.2) is 11.5 Å². The van der Waals surface area contributed by atoms with E-state index >= 15 is 0 Å². The zero-order valence-electron chi connectivity index (χ0n) is 17.5. The number of aromatic carboxylic acids is 1. The molecule has 1 saturated heterocycles. The smallest absolute Gasteiger partial charge is 0.355 e. The molecule has 1 aliphatic heterocycles. The van der Waals surface area contributed by atoms with E-state index in [4.69, 9.17) is 0 Å². The number of alkyl halides is 2. The number of rotatable bonds is 5. The normalized spacial score (nSPS) is 15.7. The van der Waals surface area contributed by atoms with Crippen molar-refractivity contribution in [2.45, 2.75) is 39.0 Å². The van der Waals surface area contributed by atoms with E-state index < -0.39 is 11.9 Å². The molecule has 0 aliphatic carbocycles. The first kappa shape index (κ1) is 22.0. The lowest BCUT2D eigenvalue weighted by Gasteiger charge is -2.32. The lowest BCUT2D eigenvalue weighted by molar-refractivity contribution is -0.0494. The number of aromatic amines is 1. The second-order valence-electron chi connectivity index (χ2n) is 7.62. The van der Waals surface area contributed by atoms with E-state index in [9.17, 15) is 23.5 Å². The Balaban J connectivity index is 1.80. The van der Waals surface area contributed by atoms with Crippen LogP contribution in [0.25, 0.3) is 22.0 Å². The lowest BCUT2D eigenvalue weighted by Crippen LogP contribution is -2.42. The van der Waals surface area contributed by atoms with E-state index in [1.807, 2.05) is 6.92 Å². The summed E-state index contributed by atoms with van der Waals surface area (Å²) in [6.07, 6.45) is -0.293. The summed E-state index contributed by atoms with van der Waals surface area (Å²) in [5, 5.41) is 17.9. The highest BCUT2D eigenvalue weighted by Gasteiger charge is 2.36. The van der Waals surface area contributed by atoms with Crippen molar-refractivity contribution in [3.8, 4) is 22.0 Å². The fraction of sp³-hybridized carbons (Fsp3) is 0.381. The van der Waals surface area contributed by atoms with Crippen LogP contribution in [-0.4, -0.2) is 61.1 Å². The van der Waals surface area contributed by atoms with E-state index in [0.717, 1.165) is 0 Å². The summed E-state index contributed by atoms with van der Waals surface area (Å²) in [6, 6.07) is 5.00. The molecule has 0 radical (unpaired) electrons. The third-order valence-corrected chi connectivity index (χ3v) is 6.59. The maximum atomic E-state index is 13.6. The molecule has 11 heteroatoms. The van der Waals surface area contributed by atoms with Crippen LogP contribution in [0.2, 0.25) is 0 Å². The van der Waals surface area contributed by atoms with Gasteiger partial charge in [0.1, 0.15) is 10.8 Å². The number of H-pyrrole nitrogens is 1. The van der Waals surface area contributed by atoms with Gasteiger partial charge in [-0.2, -0.15) is 0 Å². The Morgan fingerprint density at radius 3 is 2.53 bits per heavy atom. The number of benzene rings is 1. The van der Waals surface area contributed by atoms with Crippen LogP contribution in [0, 0.1) is 6.92 Å². The second-order valence-corrected chi connectivity index (χ2v) is 8.70. The topological polar surface area (TPSA) is 112 Å². The highest BCUT2D eigenvalue weighted by Crippen LogP contribution is 2.35. The van der Waals surface area contributed by atoms with Crippen LogP contribution in [0.4, 0.5) is 8.78 Å². The summed E-state index contributed by atoms with van der Waals surface area (Å²) in [6.45, 7) is 3.49. The second kappa shape index (κ2) is 8.38. The van der Waals surface area contributed by atoms with E-state index in [0.29, 0.717) is 39.1 Å². The highest BCUT2D eigenvalue weighted by atomic mass is 32.1. The average molecular weight is 461 g/mol.